The average molecular weight is 1000 g/mol. The minimum absolute atomic E-state index is 0.0624. The number of anilines is 6. The fourth-order valence-corrected chi connectivity index (χ4v) is 12.9. The van der Waals surface area contributed by atoms with Gasteiger partial charge in [-0.1, -0.05) is 211 Å². The van der Waals surface area contributed by atoms with Gasteiger partial charge in [0, 0.05) is 65.6 Å². The van der Waals surface area contributed by atoms with Crippen molar-refractivity contribution in [1.82, 2.24) is 8.80 Å². The van der Waals surface area contributed by atoms with Gasteiger partial charge in [0.15, 0.2) is 0 Å². The average Bonchev–Trinajstić information content (AvgIpc) is 4.40. The van der Waals surface area contributed by atoms with Crippen LogP contribution < -0.4 is 9.80 Å². The van der Waals surface area contributed by atoms with Crippen molar-refractivity contribution in [1.29, 1.82) is 0 Å². The van der Waals surface area contributed by atoms with Gasteiger partial charge in [0.25, 0.3) is 0 Å². The molecule has 0 saturated heterocycles. The van der Waals surface area contributed by atoms with E-state index in [9.17, 15) is 0 Å². The zero-order valence-corrected chi connectivity index (χ0v) is 44.9. The molecule has 0 aliphatic carbocycles. The maximum Gasteiger partial charge on any atom is 0.0641 e. The highest BCUT2D eigenvalue weighted by atomic mass is 15.2. The van der Waals surface area contributed by atoms with Crippen LogP contribution in [0.1, 0.15) is 52.7 Å². The Hall–Kier alpha value is -9.38. The summed E-state index contributed by atoms with van der Waals surface area (Å²) in [5.74, 6) is 0. The van der Waals surface area contributed by atoms with Crippen LogP contribution in [0.15, 0.2) is 243 Å². The Balaban J connectivity index is 0.971. The summed E-state index contributed by atoms with van der Waals surface area (Å²) in [5, 5.41) is 9.93. The van der Waals surface area contributed by atoms with Crippen molar-refractivity contribution in [2.45, 2.75) is 52.4 Å². The molecular formula is C74H58N4. The summed E-state index contributed by atoms with van der Waals surface area (Å²) in [7, 11) is 0. The Bertz CT molecular complexity index is 4470. The third-order valence-corrected chi connectivity index (χ3v) is 16.7. The van der Waals surface area contributed by atoms with Gasteiger partial charge in [-0.2, -0.15) is 0 Å². The summed E-state index contributed by atoms with van der Waals surface area (Å²) in [6.45, 7) is 13.7. The van der Waals surface area contributed by atoms with Gasteiger partial charge in [0.1, 0.15) is 0 Å². The summed E-state index contributed by atoms with van der Waals surface area (Å²) >= 11 is 0. The second kappa shape index (κ2) is 17.1. The van der Waals surface area contributed by atoms with Gasteiger partial charge in [-0.3, -0.25) is 0 Å². The summed E-state index contributed by atoms with van der Waals surface area (Å²) in [5.41, 5.74) is 21.6. The first-order chi connectivity index (χ1) is 38.0. The lowest BCUT2D eigenvalue weighted by molar-refractivity contribution is 0.590. The lowest BCUT2D eigenvalue weighted by atomic mass is 9.86. The second-order valence-electron chi connectivity index (χ2n) is 23.3. The summed E-state index contributed by atoms with van der Waals surface area (Å²) in [4.78, 5) is 4.98. The first-order valence-corrected chi connectivity index (χ1v) is 27.4. The third kappa shape index (κ3) is 6.85. The van der Waals surface area contributed by atoms with E-state index in [4.69, 9.17) is 0 Å². The van der Waals surface area contributed by atoms with E-state index in [-0.39, 0.29) is 10.8 Å². The molecule has 374 valence electrons. The molecule has 4 heteroatoms. The molecule has 0 saturated carbocycles. The van der Waals surface area contributed by atoms with Crippen molar-refractivity contribution in [3.63, 3.8) is 0 Å². The Morgan fingerprint density at radius 2 is 0.641 bits per heavy atom. The lowest BCUT2D eigenvalue weighted by Gasteiger charge is -2.29. The summed E-state index contributed by atoms with van der Waals surface area (Å²) in [6.07, 6.45) is 0. The number of nitrogens with zero attached hydrogens (tertiary/aromatic N) is 4. The minimum atomic E-state index is 0.0624. The van der Waals surface area contributed by atoms with Crippen LogP contribution >= 0.6 is 0 Å². The van der Waals surface area contributed by atoms with Crippen LogP contribution in [-0.4, -0.2) is 8.80 Å². The highest BCUT2D eigenvalue weighted by Gasteiger charge is 2.29. The molecule has 0 aliphatic heterocycles. The number of fused-ring (bicyclic) bond motifs is 12. The normalized spacial score (nSPS) is 12.5. The lowest BCUT2D eigenvalue weighted by Crippen LogP contribution is -2.12. The zero-order chi connectivity index (χ0) is 52.6. The Labute approximate surface area is 454 Å². The molecule has 4 heterocycles. The Kier molecular flexibility index (Phi) is 10.1. The number of benzene rings is 11. The third-order valence-electron chi connectivity index (χ3n) is 16.7. The Morgan fingerprint density at radius 1 is 0.282 bits per heavy atom. The van der Waals surface area contributed by atoms with Crippen LogP contribution in [0.3, 0.4) is 0 Å². The van der Waals surface area contributed by atoms with Crippen molar-refractivity contribution in [3.8, 4) is 22.3 Å². The fraction of sp³-hybridized carbons (Fsp3) is 0.108. The summed E-state index contributed by atoms with van der Waals surface area (Å²) < 4.78 is 5.11. The van der Waals surface area contributed by atoms with Gasteiger partial charge in [-0.05, 0) is 106 Å². The van der Waals surface area contributed by atoms with Crippen LogP contribution in [0.4, 0.5) is 34.1 Å². The summed E-state index contributed by atoms with van der Waals surface area (Å²) in [6, 6.07) is 90.5. The molecule has 4 nitrogen and oxygen atoms in total. The van der Waals surface area contributed by atoms with Crippen molar-refractivity contribution < 1.29 is 0 Å². The number of rotatable bonds is 8. The van der Waals surface area contributed by atoms with Crippen LogP contribution in [0, 0.1) is 0 Å². The molecule has 0 unspecified atom stereocenters. The standard InChI is InChI=1S/C74H58N4/c1-73(2,3)49-37-33-47(34-38-49)53-25-13-17-29-61(53)75(51-21-9-7-10-22-51)65-43-41-55-59-45-68-60(46-67(59)77-63-31-19-15-27-57(63)69(65)71(55)77)56-42-44-66(70-58-28-16-20-32-64(58)78(68)72(56)70)76(52-23-11-8-12-24-52)62-30-18-14-26-54(62)48-35-39-50(40-36-48)74(4,5)6/h7-46H,1-6H3. The second-order valence-corrected chi connectivity index (χ2v) is 23.3. The maximum atomic E-state index is 2.55. The van der Waals surface area contributed by atoms with Crippen LogP contribution in [-0.2, 0) is 10.8 Å². The van der Waals surface area contributed by atoms with E-state index in [0.29, 0.717) is 0 Å². The monoisotopic (exact) mass is 1000 g/mol. The molecule has 0 aliphatic rings. The van der Waals surface area contributed by atoms with Gasteiger partial charge in [0.05, 0.1) is 55.8 Å². The molecule has 0 spiro atoms. The van der Waals surface area contributed by atoms with Crippen molar-refractivity contribution in [2.24, 2.45) is 0 Å². The van der Waals surface area contributed by atoms with E-state index in [2.05, 4.69) is 303 Å². The van der Waals surface area contributed by atoms with E-state index in [1.807, 2.05) is 0 Å². The van der Waals surface area contributed by atoms with E-state index < -0.39 is 0 Å². The predicted octanol–water partition coefficient (Wildman–Crippen LogP) is 20.9. The number of hydrogen-bond donors (Lipinski definition) is 0. The zero-order valence-electron chi connectivity index (χ0n) is 44.9. The highest BCUT2D eigenvalue weighted by Crippen LogP contribution is 2.53. The molecule has 78 heavy (non-hydrogen) atoms. The van der Waals surface area contributed by atoms with Crippen molar-refractivity contribution >= 4 is 110 Å². The predicted molar refractivity (Wildman–Crippen MR) is 333 cm³/mol. The Morgan fingerprint density at radius 3 is 1.04 bits per heavy atom. The first-order valence-electron chi connectivity index (χ1n) is 27.4. The van der Waals surface area contributed by atoms with E-state index in [1.54, 1.807) is 0 Å². The molecule has 0 N–H and O–H groups in total. The SMILES string of the molecule is CC(C)(C)c1ccc(-c2ccccc2N(c2ccccc2)c2ccc3c4cc5c(cc4n4c6ccccc6c2c34)c2ccc(N(c3ccccc3)c3ccccc3-c3ccc(C(C)(C)C)cc3)c3c4ccccc4n5c23)cc1. The molecule has 15 rings (SSSR count). The molecule has 15 aromatic rings. The van der Waals surface area contributed by atoms with Gasteiger partial charge in [0.2, 0.25) is 0 Å². The smallest absolute Gasteiger partial charge is 0.0641 e. The quantitative estimate of drug-likeness (QED) is 0.151. The number of aromatic nitrogens is 2. The molecule has 0 bridgehead atoms. The molecular weight excluding hydrogens is 945 g/mol. The van der Waals surface area contributed by atoms with Gasteiger partial charge in [-0.25, -0.2) is 0 Å². The molecule has 0 radical (unpaired) electrons. The van der Waals surface area contributed by atoms with Crippen molar-refractivity contribution in [3.05, 3.63) is 254 Å². The highest BCUT2D eigenvalue weighted by molar-refractivity contribution is 6.32. The number of hydrogen-bond acceptors (Lipinski definition) is 2. The van der Waals surface area contributed by atoms with Crippen LogP contribution in [0.2, 0.25) is 0 Å². The van der Waals surface area contributed by atoms with Gasteiger partial charge < -0.3 is 18.6 Å². The maximum absolute atomic E-state index is 2.55. The van der Waals surface area contributed by atoms with Gasteiger partial charge in [-0.15, -0.1) is 0 Å². The molecule has 4 aromatic heterocycles. The molecule has 11 aromatic carbocycles. The molecule has 0 atom stereocenters. The van der Waals surface area contributed by atoms with Crippen LogP contribution in [0.5, 0.6) is 0 Å². The van der Waals surface area contributed by atoms with Crippen molar-refractivity contribution in [2.75, 3.05) is 9.80 Å². The largest absolute Gasteiger partial charge is 0.309 e. The van der Waals surface area contributed by atoms with E-state index in [0.717, 1.165) is 34.1 Å². The van der Waals surface area contributed by atoms with E-state index in [1.165, 1.54) is 110 Å². The van der Waals surface area contributed by atoms with Crippen LogP contribution in [0.25, 0.3) is 98.4 Å². The van der Waals surface area contributed by atoms with E-state index >= 15 is 0 Å². The minimum Gasteiger partial charge on any atom is -0.309 e. The number of para-hydroxylation sites is 6. The fourth-order valence-electron chi connectivity index (χ4n) is 12.9. The topological polar surface area (TPSA) is 15.3 Å². The molecule has 0 amide bonds. The molecule has 0 fully saturated rings. The van der Waals surface area contributed by atoms with Gasteiger partial charge >= 0.3 is 0 Å². The first kappa shape index (κ1) is 46.0.